The lowest BCUT2D eigenvalue weighted by Crippen LogP contribution is -2.57. The standard InChI is InChI=1S/C16H21FN2O3S2/c1-24(21,22)16(6-8-18-9-7-16)15(20)19-13-5-10-23-14-11(13)3-2-4-12(14)17/h2-4,13,18H,5-10H2,1H3,(H,19,20). The van der Waals surface area contributed by atoms with E-state index >= 15 is 0 Å². The van der Waals surface area contributed by atoms with Gasteiger partial charge in [-0.15, -0.1) is 11.8 Å². The van der Waals surface area contributed by atoms with Gasteiger partial charge in [-0.2, -0.15) is 0 Å². The number of hydrogen-bond acceptors (Lipinski definition) is 5. The van der Waals surface area contributed by atoms with Gasteiger partial charge in [-0.3, -0.25) is 4.79 Å². The maximum atomic E-state index is 14.0. The molecule has 1 amide bonds. The van der Waals surface area contributed by atoms with Crippen molar-refractivity contribution in [1.82, 2.24) is 10.6 Å². The molecule has 5 nitrogen and oxygen atoms in total. The first-order valence-corrected chi connectivity index (χ1v) is 10.9. The lowest BCUT2D eigenvalue weighted by Gasteiger charge is -2.36. The molecule has 0 saturated carbocycles. The molecule has 1 fully saturated rings. The normalized spacial score (nSPS) is 23.3. The van der Waals surface area contributed by atoms with Gasteiger partial charge in [0.15, 0.2) is 14.6 Å². The highest BCUT2D eigenvalue weighted by atomic mass is 32.2. The lowest BCUT2D eigenvalue weighted by atomic mass is 9.94. The summed E-state index contributed by atoms with van der Waals surface area (Å²) in [6.07, 6.45) is 2.30. The van der Waals surface area contributed by atoms with Crippen LogP contribution in [0.2, 0.25) is 0 Å². The molecule has 2 heterocycles. The van der Waals surface area contributed by atoms with Gasteiger partial charge in [-0.1, -0.05) is 12.1 Å². The number of carbonyl (C=O) groups excluding carboxylic acids is 1. The molecule has 132 valence electrons. The van der Waals surface area contributed by atoms with Crippen LogP contribution in [0.3, 0.4) is 0 Å². The van der Waals surface area contributed by atoms with Crippen LogP contribution in [0, 0.1) is 5.82 Å². The van der Waals surface area contributed by atoms with Crippen LogP contribution in [0.4, 0.5) is 4.39 Å². The molecule has 2 aliphatic heterocycles. The smallest absolute Gasteiger partial charge is 0.242 e. The molecule has 2 N–H and O–H groups in total. The predicted octanol–water partition coefficient (Wildman–Crippen LogP) is 1.65. The van der Waals surface area contributed by atoms with Crippen LogP contribution in [0.5, 0.6) is 0 Å². The second kappa shape index (κ2) is 6.65. The van der Waals surface area contributed by atoms with Gasteiger partial charge in [0, 0.05) is 16.9 Å². The second-order valence-electron chi connectivity index (χ2n) is 6.34. The number of hydrogen-bond donors (Lipinski definition) is 2. The Bertz CT molecular complexity index is 746. The number of rotatable bonds is 3. The molecule has 1 unspecified atom stereocenters. The Morgan fingerprint density at radius 3 is 2.75 bits per heavy atom. The molecule has 8 heteroatoms. The van der Waals surface area contributed by atoms with Gasteiger partial charge >= 0.3 is 0 Å². The molecular formula is C16H21FN2O3S2. The molecule has 0 spiro atoms. The third kappa shape index (κ3) is 3.07. The third-order valence-electron chi connectivity index (χ3n) is 4.87. The van der Waals surface area contributed by atoms with Gasteiger partial charge in [0.25, 0.3) is 0 Å². The minimum absolute atomic E-state index is 0.259. The first kappa shape index (κ1) is 17.7. The lowest BCUT2D eigenvalue weighted by molar-refractivity contribution is -0.125. The van der Waals surface area contributed by atoms with E-state index in [0.29, 0.717) is 30.2 Å². The largest absolute Gasteiger partial charge is 0.348 e. The van der Waals surface area contributed by atoms with Crippen LogP contribution in [-0.2, 0) is 14.6 Å². The van der Waals surface area contributed by atoms with E-state index < -0.39 is 20.5 Å². The molecule has 0 radical (unpaired) electrons. The van der Waals surface area contributed by atoms with E-state index in [-0.39, 0.29) is 24.7 Å². The van der Waals surface area contributed by atoms with Crippen molar-refractivity contribution in [2.75, 3.05) is 25.1 Å². The van der Waals surface area contributed by atoms with E-state index in [1.165, 1.54) is 17.8 Å². The van der Waals surface area contributed by atoms with Crippen LogP contribution in [0.15, 0.2) is 23.1 Å². The van der Waals surface area contributed by atoms with Gasteiger partial charge in [0.1, 0.15) is 5.82 Å². The number of amides is 1. The average molecular weight is 372 g/mol. The van der Waals surface area contributed by atoms with Crippen molar-refractivity contribution in [3.63, 3.8) is 0 Å². The Morgan fingerprint density at radius 2 is 2.08 bits per heavy atom. The summed E-state index contributed by atoms with van der Waals surface area (Å²) in [4.78, 5) is 13.5. The predicted molar refractivity (Wildman–Crippen MR) is 92.3 cm³/mol. The fourth-order valence-corrected chi connectivity index (χ4v) is 5.91. The van der Waals surface area contributed by atoms with E-state index in [1.807, 2.05) is 0 Å². The summed E-state index contributed by atoms with van der Waals surface area (Å²) in [5.74, 6) is -0.0680. The molecule has 1 atom stereocenters. The summed E-state index contributed by atoms with van der Waals surface area (Å²) in [5, 5.41) is 5.99. The molecule has 24 heavy (non-hydrogen) atoms. The first-order valence-electron chi connectivity index (χ1n) is 7.98. The molecule has 0 bridgehead atoms. The monoisotopic (exact) mass is 372 g/mol. The average Bonchev–Trinajstić information content (AvgIpc) is 2.55. The minimum atomic E-state index is -3.55. The number of halogens is 1. The van der Waals surface area contributed by atoms with Crippen LogP contribution in [0.1, 0.15) is 30.9 Å². The highest BCUT2D eigenvalue weighted by Gasteiger charge is 2.49. The van der Waals surface area contributed by atoms with E-state index in [1.54, 1.807) is 12.1 Å². The molecule has 1 aromatic rings. The highest BCUT2D eigenvalue weighted by molar-refractivity contribution is 7.99. The summed E-state index contributed by atoms with van der Waals surface area (Å²) < 4.78 is 37.2. The van der Waals surface area contributed by atoms with E-state index in [4.69, 9.17) is 0 Å². The number of benzene rings is 1. The fourth-order valence-electron chi connectivity index (χ4n) is 3.42. The van der Waals surface area contributed by atoms with Crippen molar-refractivity contribution in [2.24, 2.45) is 0 Å². The number of carbonyl (C=O) groups is 1. The number of piperidine rings is 1. The van der Waals surface area contributed by atoms with Gasteiger partial charge in [-0.05, 0) is 44.0 Å². The van der Waals surface area contributed by atoms with Crippen molar-refractivity contribution in [1.29, 1.82) is 0 Å². The summed E-state index contributed by atoms with van der Waals surface area (Å²) >= 11 is 1.43. The van der Waals surface area contributed by atoms with Crippen molar-refractivity contribution in [2.45, 2.75) is 34.9 Å². The second-order valence-corrected chi connectivity index (χ2v) is 9.77. The highest BCUT2D eigenvalue weighted by Crippen LogP contribution is 2.38. The van der Waals surface area contributed by atoms with Crippen LogP contribution in [0.25, 0.3) is 0 Å². The van der Waals surface area contributed by atoms with Gasteiger partial charge in [0.2, 0.25) is 5.91 Å². The number of thioether (sulfide) groups is 1. The molecule has 3 rings (SSSR count). The Morgan fingerprint density at radius 1 is 1.38 bits per heavy atom. The summed E-state index contributed by atoms with van der Waals surface area (Å²) in [7, 11) is -3.55. The van der Waals surface area contributed by atoms with Gasteiger partial charge in [0.05, 0.1) is 6.04 Å². The zero-order valence-electron chi connectivity index (χ0n) is 13.5. The number of sulfone groups is 1. The summed E-state index contributed by atoms with van der Waals surface area (Å²) in [5.41, 5.74) is 0.734. The maximum Gasteiger partial charge on any atom is 0.242 e. The van der Waals surface area contributed by atoms with Crippen molar-refractivity contribution in [3.8, 4) is 0 Å². The molecule has 0 aliphatic carbocycles. The quantitative estimate of drug-likeness (QED) is 0.844. The molecular weight excluding hydrogens is 351 g/mol. The third-order valence-corrected chi connectivity index (χ3v) is 8.04. The molecule has 0 aromatic heterocycles. The summed E-state index contributed by atoms with van der Waals surface area (Å²) in [6.45, 7) is 0.985. The number of nitrogens with one attached hydrogen (secondary N) is 2. The van der Waals surface area contributed by atoms with Crippen LogP contribution < -0.4 is 10.6 Å². The van der Waals surface area contributed by atoms with Crippen LogP contribution >= 0.6 is 11.8 Å². The fraction of sp³-hybridized carbons (Fsp3) is 0.562. The van der Waals surface area contributed by atoms with Crippen LogP contribution in [-0.4, -0.2) is 44.2 Å². The van der Waals surface area contributed by atoms with Gasteiger partial charge < -0.3 is 10.6 Å². The Labute approximate surface area is 145 Å². The van der Waals surface area contributed by atoms with Crippen molar-refractivity contribution in [3.05, 3.63) is 29.6 Å². The number of fused-ring (bicyclic) bond motifs is 1. The molecule has 2 aliphatic rings. The van der Waals surface area contributed by atoms with E-state index in [9.17, 15) is 17.6 Å². The topological polar surface area (TPSA) is 75.3 Å². The van der Waals surface area contributed by atoms with Crippen molar-refractivity contribution >= 4 is 27.5 Å². The SMILES string of the molecule is CS(=O)(=O)C1(C(=O)NC2CCSc3c(F)cccc32)CCNCC1. The zero-order chi connectivity index (χ0) is 17.4. The van der Waals surface area contributed by atoms with E-state index in [0.717, 1.165) is 11.8 Å². The van der Waals surface area contributed by atoms with E-state index in [2.05, 4.69) is 10.6 Å². The Balaban J connectivity index is 1.89. The maximum absolute atomic E-state index is 14.0. The van der Waals surface area contributed by atoms with Crippen molar-refractivity contribution < 1.29 is 17.6 Å². The molecule has 1 saturated heterocycles. The minimum Gasteiger partial charge on any atom is -0.348 e. The molecule has 1 aromatic carbocycles. The Hall–Kier alpha value is -1.12. The Kier molecular flexibility index (Phi) is 4.90. The summed E-state index contributed by atoms with van der Waals surface area (Å²) in [6, 6.07) is 4.47. The first-order chi connectivity index (χ1) is 11.3. The zero-order valence-corrected chi connectivity index (χ0v) is 15.1. The van der Waals surface area contributed by atoms with Gasteiger partial charge in [-0.25, -0.2) is 12.8 Å².